The molecule has 1 aromatic carbocycles. The van der Waals surface area contributed by atoms with Crippen LogP contribution in [0, 0.1) is 0 Å². The zero-order chi connectivity index (χ0) is 16.7. The molecule has 1 saturated carbocycles. The van der Waals surface area contributed by atoms with Crippen molar-refractivity contribution in [3.8, 4) is 0 Å². The summed E-state index contributed by atoms with van der Waals surface area (Å²) in [4.78, 5) is 1.31. The van der Waals surface area contributed by atoms with E-state index in [1.165, 1.54) is 81.1 Å². The summed E-state index contributed by atoms with van der Waals surface area (Å²) < 4.78 is 0. The molecule has 0 N–H and O–H groups in total. The van der Waals surface area contributed by atoms with Crippen molar-refractivity contribution in [1.82, 2.24) is 0 Å². The molecule has 1 heteroatoms. The summed E-state index contributed by atoms with van der Waals surface area (Å²) in [6.45, 7) is 6.94. The molecule has 1 aliphatic rings. The van der Waals surface area contributed by atoms with Gasteiger partial charge in [0.05, 0.1) is 0 Å². The first-order chi connectivity index (χ1) is 11.2. The molecule has 0 aromatic heterocycles. The van der Waals surface area contributed by atoms with Gasteiger partial charge < -0.3 is 0 Å². The van der Waals surface area contributed by atoms with Gasteiger partial charge in [-0.3, -0.25) is 0 Å². The first-order valence-corrected chi connectivity index (χ1v) is 10.5. The molecule has 2 rings (SSSR count). The first-order valence-electron chi connectivity index (χ1n) is 10.1. The minimum atomic E-state index is 0.747. The lowest BCUT2D eigenvalue weighted by Gasteiger charge is -2.27. The Hall–Kier alpha value is -0.430. The van der Waals surface area contributed by atoms with Crippen LogP contribution in [0.3, 0.4) is 0 Å². The molecule has 1 fully saturated rings. The van der Waals surface area contributed by atoms with E-state index in [0.29, 0.717) is 0 Å². The monoisotopic (exact) mass is 332 g/mol. The van der Waals surface area contributed by atoms with E-state index in [9.17, 15) is 0 Å². The summed E-state index contributed by atoms with van der Waals surface area (Å²) in [6, 6.07) is 5.04. The van der Waals surface area contributed by atoms with Crippen molar-refractivity contribution in [1.29, 1.82) is 0 Å². The van der Waals surface area contributed by atoms with Gasteiger partial charge in [-0.25, -0.2) is 0 Å². The highest BCUT2D eigenvalue weighted by Crippen LogP contribution is 2.40. The van der Waals surface area contributed by atoms with Gasteiger partial charge in [-0.1, -0.05) is 71.4 Å². The molecule has 1 aliphatic carbocycles. The Labute approximate surface area is 149 Å². The van der Waals surface area contributed by atoms with Crippen molar-refractivity contribution in [2.45, 2.75) is 108 Å². The molecule has 1 aromatic rings. The van der Waals surface area contributed by atoms with Crippen LogP contribution < -0.4 is 0 Å². The molecule has 0 bridgehead atoms. The largest absolute Gasteiger partial charge is 0.143 e. The Kier molecular flexibility index (Phi) is 8.03. The van der Waals surface area contributed by atoms with E-state index in [1.807, 2.05) is 0 Å². The van der Waals surface area contributed by atoms with Crippen molar-refractivity contribution in [2.24, 2.45) is 0 Å². The minimum absolute atomic E-state index is 0.747. The van der Waals surface area contributed by atoms with Gasteiger partial charge in [0.15, 0.2) is 0 Å². The quantitative estimate of drug-likeness (QED) is 0.464. The lowest BCUT2D eigenvalue weighted by atomic mass is 9.80. The number of hydrogen-bond acceptors (Lipinski definition) is 1. The number of aryl methyl sites for hydroxylation is 1. The minimum Gasteiger partial charge on any atom is -0.143 e. The average Bonchev–Trinajstić information content (AvgIpc) is 2.57. The van der Waals surface area contributed by atoms with Gasteiger partial charge in [-0.2, -0.15) is 0 Å². The molecule has 23 heavy (non-hydrogen) atoms. The van der Waals surface area contributed by atoms with Crippen LogP contribution in [0.4, 0.5) is 0 Å². The van der Waals surface area contributed by atoms with Crippen LogP contribution >= 0.6 is 12.6 Å². The Bertz CT molecular complexity index is 465. The van der Waals surface area contributed by atoms with Crippen LogP contribution in [0.5, 0.6) is 0 Å². The Morgan fingerprint density at radius 3 is 2.17 bits per heavy atom. The summed E-state index contributed by atoms with van der Waals surface area (Å²) in [5.74, 6) is 1.51. The summed E-state index contributed by atoms with van der Waals surface area (Å²) in [5.41, 5.74) is 4.69. The summed E-state index contributed by atoms with van der Waals surface area (Å²) in [5, 5.41) is 0. The van der Waals surface area contributed by atoms with E-state index >= 15 is 0 Å². The molecule has 0 unspecified atom stereocenters. The van der Waals surface area contributed by atoms with Gasteiger partial charge in [-0.15, -0.1) is 12.6 Å². The SMILES string of the molecule is CCCc1cc(C(CCC)CCC)cc(C2CCCCC2)c1S. The molecule has 0 aliphatic heterocycles. The predicted octanol–water partition coefficient (Wildman–Crippen LogP) is 7.66. The maximum atomic E-state index is 4.98. The third kappa shape index (κ3) is 5.02. The number of benzene rings is 1. The van der Waals surface area contributed by atoms with E-state index in [4.69, 9.17) is 12.6 Å². The van der Waals surface area contributed by atoms with Gasteiger partial charge >= 0.3 is 0 Å². The van der Waals surface area contributed by atoms with Crippen molar-refractivity contribution < 1.29 is 0 Å². The van der Waals surface area contributed by atoms with Crippen molar-refractivity contribution in [3.63, 3.8) is 0 Å². The molecular formula is C22H36S. The summed E-state index contributed by atoms with van der Waals surface area (Å²) in [7, 11) is 0. The van der Waals surface area contributed by atoms with Gasteiger partial charge in [0.25, 0.3) is 0 Å². The molecule has 0 spiro atoms. The lowest BCUT2D eigenvalue weighted by Crippen LogP contribution is -2.09. The van der Waals surface area contributed by atoms with E-state index < -0.39 is 0 Å². The van der Waals surface area contributed by atoms with Crippen molar-refractivity contribution in [2.75, 3.05) is 0 Å². The molecular weight excluding hydrogens is 296 g/mol. The van der Waals surface area contributed by atoms with Crippen LogP contribution in [-0.4, -0.2) is 0 Å². The van der Waals surface area contributed by atoms with Crippen LogP contribution in [-0.2, 0) is 6.42 Å². The summed E-state index contributed by atoms with van der Waals surface area (Å²) in [6.07, 6.45) is 14.6. The molecule has 0 saturated heterocycles. The Balaban J connectivity index is 2.38. The lowest BCUT2D eigenvalue weighted by molar-refractivity contribution is 0.438. The zero-order valence-corrected chi connectivity index (χ0v) is 16.4. The van der Waals surface area contributed by atoms with E-state index in [2.05, 4.69) is 32.9 Å². The molecule has 0 heterocycles. The highest BCUT2D eigenvalue weighted by molar-refractivity contribution is 7.80. The molecule has 0 radical (unpaired) electrons. The summed E-state index contributed by atoms with van der Waals surface area (Å²) >= 11 is 4.98. The molecule has 0 nitrogen and oxygen atoms in total. The van der Waals surface area contributed by atoms with E-state index in [0.717, 1.165) is 11.8 Å². The average molecular weight is 333 g/mol. The van der Waals surface area contributed by atoms with Gasteiger partial charge in [-0.05, 0) is 60.6 Å². The fourth-order valence-corrected chi connectivity index (χ4v) is 4.76. The van der Waals surface area contributed by atoms with Crippen molar-refractivity contribution in [3.05, 3.63) is 28.8 Å². The van der Waals surface area contributed by atoms with E-state index in [1.54, 1.807) is 11.1 Å². The topological polar surface area (TPSA) is 0 Å². The Morgan fingerprint density at radius 2 is 1.61 bits per heavy atom. The first kappa shape index (κ1) is 18.9. The number of hydrogen-bond donors (Lipinski definition) is 1. The van der Waals surface area contributed by atoms with E-state index in [-0.39, 0.29) is 0 Å². The zero-order valence-electron chi connectivity index (χ0n) is 15.5. The second-order valence-corrected chi connectivity index (χ2v) is 7.92. The second kappa shape index (κ2) is 9.77. The fraction of sp³-hybridized carbons (Fsp3) is 0.727. The third-order valence-corrected chi connectivity index (χ3v) is 6.10. The number of rotatable bonds is 8. The predicted molar refractivity (Wildman–Crippen MR) is 106 cm³/mol. The highest BCUT2D eigenvalue weighted by Gasteiger charge is 2.21. The third-order valence-electron chi connectivity index (χ3n) is 5.55. The van der Waals surface area contributed by atoms with Crippen molar-refractivity contribution >= 4 is 12.6 Å². The molecule has 0 atom stereocenters. The normalized spacial score (nSPS) is 16.2. The molecule has 0 amide bonds. The van der Waals surface area contributed by atoms with Gasteiger partial charge in [0, 0.05) is 4.90 Å². The Morgan fingerprint density at radius 1 is 0.957 bits per heavy atom. The standard InChI is InChI=1S/C22H36S/c1-4-10-17(11-5-2)20-15-19(12-6-3)22(23)21(16-20)18-13-8-7-9-14-18/h15-18,23H,4-14H2,1-3H3. The van der Waals surface area contributed by atoms with Gasteiger partial charge in [0.1, 0.15) is 0 Å². The van der Waals surface area contributed by atoms with Crippen LogP contribution in [0.2, 0.25) is 0 Å². The fourth-order valence-electron chi connectivity index (χ4n) is 4.34. The highest BCUT2D eigenvalue weighted by atomic mass is 32.1. The maximum absolute atomic E-state index is 4.98. The van der Waals surface area contributed by atoms with Crippen LogP contribution in [0.1, 0.15) is 114 Å². The smallest absolute Gasteiger partial charge is 0.0107 e. The maximum Gasteiger partial charge on any atom is 0.0107 e. The van der Waals surface area contributed by atoms with Crippen LogP contribution in [0.15, 0.2) is 17.0 Å². The van der Waals surface area contributed by atoms with Crippen LogP contribution in [0.25, 0.3) is 0 Å². The number of thiol groups is 1. The molecule has 130 valence electrons. The second-order valence-electron chi connectivity index (χ2n) is 7.48. The van der Waals surface area contributed by atoms with Gasteiger partial charge in [0.2, 0.25) is 0 Å².